The Morgan fingerprint density at radius 3 is 2.65 bits per heavy atom. The summed E-state index contributed by atoms with van der Waals surface area (Å²) in [6, 6.07) is 11.8. The number of H-pyrrole nitrogens is 1. The maximum atomic E-state index is 13.1. The molecule has 0 atom stereocenters. The number of benzene rings is 2. The second-order valence-corrected chi connectivity index (χ2v) is 7.11. The number of nitrogens with zero attached hydrogens (tertiary/aromatic N) is 1. The van der Waals surface area contributed by atoms with Gasteiger partial charge in [-0.3, -0.25) is 4.79 Å². The quantitative estimate of drug-likeness (QED) is 0.611. The lowest BCUT2D eigenvalue weighted by atomic mass is 10.0. The van der Waals surface area contributed by atoms with Gasteiger partial charge in [-0.2, -0.15) is 13.2 Å². The van der Waals surface area contributed by atoms with Crippen LogP contribution in [0.5, 0.6) is 0 Å². The van der Waals surface area contributed by atoms with E-state index < -0.39 is 23.6 Å². The minimum atomic E-state index is -4.56. The van der Waals surface area contributed by atoms with Crippen molar-refractivity contribution >= 4 is 28.4 Å². The number of ether oxygens (including phenoxy) is 1. The van der Waals surface area contributed by atoms with Crippen molar-refractivity contribution in [3.05, 3.63) is 77.1 Å². The van der Waals surface area contributed by atoms with Crippen LogP contribution < -0.4 is 0 Å². The van der Waals surface area contributed by atoms with E-state index in [9.17, 15) is 22.8 Å². The number of aromatic amines is 1. The molecule has 0 fully saturated rings. The minimum absolute atomic E-state index is 0.107. The van der Waals surface area contributed by atoms with Crippen LogP contribution in [-0.2, 0) is 22.1 Å². The molecular formula is C23H19F3N2O3. The topological polar surface area (TPSA) is 62.4 Å². The van der Waals surface area contributed by atoms with E-state index in [1.807, 2.05) is 24.3 Å². The molecule has 5 nitrogen and oxygen atoms in total. The minimum Gasteiger partial charge on any atom is -0.462 e. The van der Waals surface area contributed by atoms with Crippen LogP contribution in [0.25, 0.3) is 16.5 Å². The Kier molecular flexibility index (Phi) is 5.31. The van der Waals surface area contributed by atoms with E-state index in [1.165, 1.54) is 23.2 Å². The number of amides is 1. The Bertz CT molecular complexity index is 1190. The van der Waals surface area contributed by atoms with E-state index in [0.717, 1.165) is 28.6 Å². The van der Waals surface area contributed by atoms with E-state index >= 15 is 0 Å². The van der Waals surface area contributed by atoms with Gasteiger partial charge in [0, 0.05) is 29.2 Å². The summed E-state index contributed by atoms with van der Waals surface area (Å²) in [5, 5.41) is 0.918. The molecule has 8 heteroatoms. The fraction of sp³-hybridized carbons (Fsp3) is 0.217. The Hall–Kier alpha value is -3.55. The van der Waals surface area contributed by atoms with Crippen LogP contribution >= 0.6 is 0 Å². The molecule has 0 saturated heterocycles. The first-order valence-corrected chi connectivity index (χ1v) is 9.76. The van der Waals surface area contributed by atoms with Crippen LogP contribution in [0.1, 0.15) is 34.1 Å². The zero-order valence-electron chi connectivity index (χ0n) is 16.6. The first-order chi connectivity index (χ1) is 14.8. The van der Waals surface area contributed by atoms with E-state index in [0.29, 0.717) is 12.1 Å². The average molecular weight is 428 g/mol. The first kappa shape index (κ1) is 20.7. The van der Waals surface area contributed by atoms with Crippen LogP contribution in [0.4, 0.5) is 13.2 Å². The summed E-state index contributed by atoms with van der Waals surface area (Å²) in [6.45, 7) is 2.02. The molecule has 31 heavy (non-hydrogen) atoms. The molecular weight excluding hydrogens is 409 g/mol. The van der Waals surface area contributed by atoms with E-state index in [-0.39, 0.29) is 24.3 Å². The van der Waals surface area contributed by atoms with Gasteiger partial charge in [-0.1, -0.05) is 24.3 Å². The smallest absolute Gasteiger partial charge is 0.416 e. The van der Waals surface area contributed by atoms with Crippen LogP contribution in [0.2, 0.25) is 0 Å². The van der Waals surface area contributed by atoms with Crippen molar-refractivity contribution < 1.29 is 27.5 Å². The van der Waals surface area contributed by atoms with Crippen LogP contribution in [0, 0.1) is 0 Å². The highest BCUT2D eigenvalue weighted by molar-refractivity contribution is 6.18. The van der Waals surface area contributed by atoms with E-state index in [1.54, 1.807) is 6.92 Å². The largest absolute Gasteiger partial charge is 0.462 e. The van der Waals surface area contributed by atoms with Gasteiger partial charge in [0.25, 0.3) is 5.91 Å². The fourth-order valence-electron chi connectivity index (χ4n) is 3.72. The molecule has 0 unspecified atom stereocenters. The Balaban J connectivity index is 1.77. The van der Waals surface area contributed by atoms with Crippen molar-refractivity contribution in [2.75, 3.05) is 13.2 Å². The number of carbonyl (C=O) groups is 2. The summed E-state index contributed by atoms with van der Waals surface area (Å²) in [5.74, 6) is -1.23. The molecule has 2 heterocycles. The van der Waals surface area contributed by atoms with Gasteiger partial charge in [-0.25, -0.2) is 4.79 Å². The third-order valence-electron chi connectivity index (χ3n) is 5.16. The number of halogens is 3. The monoisotopic (exact) mass is 428 g/mol. The average Bonchev–Trinajstić information content (AvgIpc) is 3.00. The molecule has 0 bridgehead atoms. The molecule has 1 aromatic heterocycles. The van der Waals surface area contributed by atoms with Crippen molar-refractivity contribution in [1.82, 2.24) is 9.88 Å². The SMILES string of the molecule is CCOC(=O)C1=CN(C(=O)c2cccc(C(F)(F)F)c2)CCc2c1[nH]c1ccccc21. The number of para-hydroxylation sites is 1. The van der Waals surface area contributed by atoms with Crippen molar-refractivity contribution in [3.63, 3.8) is 0 Å². The molecule has 1 aliphatic rings. The molecule has 1 aliphatic heterocycles. The Morgan fingerprint density at radius 1 is 1.13 bits per heavy atom. The predicted molar refractivity (Wildman–Crippen MR) is 109 cm³/mol. The Labute approximate surface area is 176 Å². The van der Waals surface area contributed by atoms with Crippen LogP contribution in [0.15, 0.2) is 54.7 Å². The predicted octanol–water partition coefficient (Wildman–Crippen LogP) is 4.79. The molecule has 1 N–H and O–H groups in total. The lowest BCUT2D eigenvalue weighted by molar-refractivity contribution is -0.138. The number of fused-ring (bicyclic) bond motifs is 3. The lowest BCUT2D eigenvalue weighted by Crippen LogP contribution is -2.28. The van der Waals surface area contributed by atoms with Gasteiger partial charge in [0.1, 0.15) is 0 Å². The number of nitrogens with one attached hydrogen (secondary N) is 1. The van der Waals surface area contributed by atoms with Gasteiger partial charge in [0.15, 0.2) is 0 Å². The maximum absolute atomic E-state index is 13.1. The van der Waals surface area contributed by atoms with Crippen molar-refractivity contribution in [2.45, 2.75) is 19.5 Å². The van der Waals surface area contributed by atoms with Gasteiger partial charge < -0.3 is 14.6 Å². The summed E-state index contributed by atoms with van der Waals surface area (Å²) < 4.78 is 44.4. The molecule has 1 amide bonds. The number of aromatic nitrogens is 1. The number of carbonyl (C=O) groups excluding carboxylic acids is 2. The zero-order chi connectivity index (χ0) is 22.2. The van der Waals surface area contributed by atoms with Gasteiger partial charge in [-0.15, -0.1) is 0 Å². The Morgan fingerprint density at radius 2 is 1.90 bits per heavy atom. The number of esters is 1. The number of hydrogen-bond donors (Lipinski definition) is 1. The highest BCUT2D eigenvalue weighted by atomic mass is 19.4. The van der Waals surface area contributed by atoms with Crippen molar-refractivity contribution in [1.29, 1.82) is 0 Å². The molecule has 0 saturated carbocycles. The maximum Gasteiger partial charge on any atom is 0.416 e. The van der Waals surface area contributed by atoms with Gasteiger partial charge in [0.05, 0.1) is 23.4 Å². The first-order valence-electron chi connectivity index (χ1n) is 9.76. The molecule has 4 rings (SSSR count). The summed E-state index contributed by atoms with van der Waals surface area (Å²) in [4.78, 5) is 30.2. The number of hydrogen-bond acceptors (Lipinski definition) is 3. The van der Waals surface area contributed by atoms with Gasteiger partial charge >= 0.3 is 12.1 Å². The second kappa shape index (κ2) is 7.94. The molecule has 160 valence electrons. The molecule has 0 radical (unpaired) electrons. The number of alkyl halides is 3. The summed E-state index contributed by atoms with van der Waals surface area (Å²) in [7, 11) is 0. The molecule has 0 spiro atoms. The van der Waals surface area contributed by atoms with Crippen molar-refractivity contribution in [2.24, 2.45) is 0 Å². The van der Waals surface area contributed by atoms with E-state index in [4.69, 9.17) is 4.74 Å². The van der Waals surface area contributed by atoms with Gasteiger partial charge in [-0.05, 0) is 43.2 Å². The molecule has 0 aliphatic carbocycles. The zero-order valence-corrected chi connectivity index (χ0v) is 16.6. The summed E-state index contributed by atoms with van der Waals surface area (Å²) >= 11 is 0. The highest BCUT2D eigenvalue weighted by Crippen LogP contribution is 2.33. The normalized spacial score (nSPS) is 14.1. The summed E-state index contributed by atoms with van der Waals surface area (Å²) in [5.41, 5.74) is 1.41. The summed E-state index contributed by atoms with van der Waals surface area (Å²) in [6.07, 6.45) is -2.78. The van der Waals surface area contributed by atoms with Crippen LogP contribution in [-0.4, -0.2) is 34.9 Å². The third-order valence-corrected chi connectivity index (χ3v) is 5.16. The van der Waals surface area contributed by atoms with Crippen LogP contribution in [0.3, 0.4) is 0 Å². The van der Waals surface area contributed by atoms with E-state index in [2.05, 4.69) is 4.98 Å². The molecule has 3 aromatic rings. The lowest BCUT2D eigenvalue weighted by Gasteiger charge is -2.18. The molecule has 2 aromatic carbocycles. The third kappa shape index (κ3) is 3.93. The number of rotatable bonds is 3. The van der Waals surface area contributed by atoms with Gasteiger partial charge in [0.2, 0.25) is 0 Å². The second-order valence-electron chi connectivity index (χ2n) is 7.11. The highest BCUT2D eigenvalue weighted by Gasteiger charge is 2.32. The fourth-order valence-corrected chi connectivity index (χ4v) is 3.72. The van der Waals surface area contributed by atoms with Crippen molar-refractivity contribution in [3.8, 4) is 0 Å². The standard InChI is InChI=1S/C23H19F3N2O3/c1-2-31-22(30)18-13-28(21(29)14-6-5-7-15(12-14)23(24,25)26)11-10-17-16-8-3-4-9-19(16)27-20(17)18/h3-9,12-13,27H,2,10-11H2,1H3.